The molecule has 0 fully saturated rings. The van der Waals surface area contributed by atoms with Crippen LogP contribution in [0.5, 0.6) is 0 Å². The summed E-state index contributed by atoms with van der Waals surface area (Å²) in [6.07, 6.45) is -1.83. The van der Waals surface area contributed by atoms with Crippen LogP contribution in [0.15, 0.2) is 78.9 Å². The van der Waals surface area contributed by atoms with Gasteiger partial charge in [0.2, 0.25) is 0 Å². The average Bonchev–Trinajstić information content (AvgIpc) is 2.56. The standard InChI is InChI=1S/C19H16.CH2O3/c1-15-9-5-6-12-17(15)19-14-8-7-13-18(19)16-10-3-2-4-11-16;2-1(3)4/h2-14H,1H3;(H2,2,3,4). The van der Waals surface area contributed by atoms with E-state index >= 15 is 0 Å². The maximum absolute atomic E-state index is 8.56. The molecule has 0 heterocycles. The topological polar surface area (TPSA) is 57.5 Å². The minimum Gasteiger partial charge on any atom is -0.450 e. The Morgan fingerprint density at radius 3 is 1.65 bits per heavy atom. The van der Waals surface area contributed by atoms with Gasteiger partial charge in [0.25, 0.3) is 0 Å². The van der Waals surface area contributed by atoms with Crippen LogP contribution in [0.2, 0.25) is 0 Å². The van der Waals surface area contributed by atoms with E-state index in [1.54, 1.807) is 0 Å². The lowest BCUT2D eigenvalue weighted by atomic mass is 9.92. The van der Waals surface area contributed by atoms with E-state index in [4.69, 9.17) is 15.0 Å². The van der Waals surface area contributed by atoms with Crippen molar-refractivity contribution in [2.45, 2.75) is 6.92 Å². The lowest BCUT2D eigenvalue weighted by Crippen LogP contribution is -1.87. The molecule has 0 aromatic heterocycles. The fourth-order valence-corrected chi connectivity index (χ4v) is 2.46. The van der Waals surface area contributed by atoms with E-state index in [1.165, 1.54) is 27.8 Å². The van der Waals surface area contributed by atoms with Crippen molar-refractivity contribution in [3.63, 3.8) is 0 Å². The van der Waals surface area contributed by atoms with E-state index in [0.29, 0.717) is 0 Å². The first-order valence-electron chi connectivity index (χ1n) is 7.22. The zero-order valence-electron chi connectivity index (χ0n) is 12.8. The van der Waals surface area contributed by atoms with E-state index in [-0.39, 0.29) is 0 Å². The molecular formula is C20H18O3. The van der Waals surface area contributed by atoms with Gasteiger partial charge < -0.3 is 10.2 Å². The zero-order valence-corrected chi connectivity index (χ0v) is 12.8. The number of rotatable bonds is 2. The first kappa shape index (κ1) is 16.3. The summed E-state index contributed by atoms with van der Waals surface area (Å²) in [4.78, 5) is 8.56. The smallest absolute Gasteiger partial charge is 0.450 e. The van der Waals surface area contributed by atoms with E-state index in [2.05, 4.69) is 85.8 Å². The van der Waals surface area contributed by atoms with E-state index in [1.807, 2.05) is 0 Å². The molecule has 3 nitrogen and oxygen atoms in total. The van der Waals surface area contributed by atoms with Crippen molar-refractivity contribution in [3.05, 3.63) is 84.4 Å². The highest BCUT2D eigenvalue weighted by atomic mass is 16.6. The van der Waals surface area contributed by atoms with Gasteiger partial charge in [-0.05, 0) is 34.7 Å². The highest BCUT2D eigenvalue weighted by Crippen LogP contribution is 2.33. The normalized spacial score (nSPS) is 9.61. The van der Waals surface area contributed by atoms with Gasteiger partial charge in [0.1, 0.15) is 0 Å². The quantitative estimate of drug-likeness (QED) is 0.652. The molecule has 3 rings (SSSR count). The molecular weight excluding hydrogens is 288 g/mol. The number of hydrogen-bond acceptors (Lipinski definition) is 1. The minimum absolute atomic E-state index is 1.27. The third-order valence-electron chi connectivity index (χ3n) is 3.45. The van der Waals surface area contributed by atoms with Gasteiger partial charge in [-0.25, -0.2) is 4.79 Å². The van der Waals surface area contributed by atoms with Gasteiger partial charge >= 0.3 is 6.16 Å². The van der Waals surface area contributed by atoms with Crippen molar-refractivity contribution in [2.24, 2.45) is 0 Å². The summed E-state index contributed by atoms with van der Waals surface area (Å²) >= 11 is 0. The lowest BCUT2D eigenvalue weighted by Gasteiger charge is -2.12. The largest absolute Gasteiger partial charge is 0.503 e. The molecule has 3 aromatic rings. The summed E-state index contributed by atoms with van der Waals surface area (Å²) < 4.78 is 0. The molecule has 0 bridgehead atoms. The molecule has 0 radical (unpaired) electrons. The second-order valence-corrected chi connectivity index (χ2v) is 5.01. The van der Waals surface area contributed by atoms with Crippen molar-refractivity contribution >= 4 is 6.16 Å². The number of aryl methyl sites for hydroxylation is 1. The van der Waals surface area contributed by atoms with Crippen molar-refractivity contribution in [1.82, 2.24) is 0 Å². The van der Waals surface area contributed by atoms with Gasteiger partial charge in [0.05, 0.1) is 0 Å². The maximum atomic E-state index is 8.56. The van der Waals surface area contributed by atoms with E-state index in [9.17, 15) is 0 Å². The van der Waals surface area contributed by atoms with E-state index < -0.39 is 6.16 Å². The summed E-state index contributed by atoms with van der Waals surface area (Å²) in [6, 6.07) is 27.7. The SMILES string of the molecule is Cc1ccccc1-c1ccccc1-c1ccccc1.O=C(O)O. The molecule has 0 spiro atoms. The molecule has 0 unspecified atom stereocenters. The molecule has 3 aromatic carbocycles. The highest BCUT2D eigenvalue weighted by molar-refractivity contribution is 5.84. The third kappa shape index (κ3) is 4.45. The Hall–Kier alpha value is -3.07. The summed E-state index contributed by atoms with van der Waals surface area (Å²) in [5.41, 5.74) is 6.47. The molecule has 0 aliphatic heterocycles. The Morgan fingerprint density at radius 1 is 0.652 bits per heavy atom. The fourth-order valence-electron chi connectivity index (χ4n) is 2.46. The van der Waals surface area contributed by atoms with Crippen LogP contribution in [0.3, 0.4) is 0 Å². The number of carboxylic acid groups (broad SMARTS) is 2. The molecule has 0 aliphatic rings. The Morgan fingerprint density at radius 2 is 1.09 bits per heavy atom. The van der Waals surface area contributed by atoms with Crippen LogP contribution in [0.1, 0.15) is 5.56 Å². The molecule has 0 aliphatic carbocycles. The van der Waals surface area contributed by atoms with Crippen molar-refractivity contribution in [3.8, 4) is 22.3 Å². The minimum atomic E-state index is -1.83. The van der Waals surface area contributed by atoms with Gasteiger partial charge in [0.15, 0.2) is 0 Å². The van der Waals surface area contributed by atoms with Crippen LogP contribution in [0.25, 0.3) is 22.3 Å². The third-order valence-corrected chi connectivity index (χ3v) is 3.45. The van der Waals surface area contributed by atoms with Crippen LogP contribution in [0, 0.1) is 6.92 Å². The van der Waals surface area contributed by atoms with Crippen LogP contribution >= 0.6 is 0 Å². The molecule has 2 N–H and O–H groups in total. The monoisotopic (exact) mass is 306 g/mol. The van der Waals surface area contributed by atoms with Gasteiger partial charge in [-0.1, -0.05) is 78.9 Å². The Bertz CT molecular complexity index is 776. The summed E-state index contributed by atoms with van der Waals surface area (Å²) in [5.74, 6) is 0. The van der Waals surface area contributed by atoms with Gasteiger partial charge in [-0.15, -0.1) is 0 Å². The lowest BCUT2D eigenvalue weighted by molar-refractivity contribution is 0.137. The highest BCUT2D eigenvalue weighted by Gasteiger charge is 2.07. The number of hydrogen-bond donors (Lipinski definition) is 2. The summed E-state index contributed by atoms with van der Waals surface area (Å²) in [5, 5.41) is 13.9. The first-order chi connectivity index (χ1) is 11.1. The van der Waals surface area contributed by atoms with Gasteiger partial charge in [-0.3, -0.25) is 0 Å². The van der Waals surface area contributed by atoms with Crippen LogP contribution in [-0.2, 0) is 0 Å². The van der Waals surface area contributed by atoms with Gasteiger partial charge in [-0.2, -0.15) is 0 Å². The predicted octanol–water partition coefficient (Wildman–Crippen LogP) is 5.55. The maximum Gasteiger partial charge on any atom is 0.503 e. The zero-order chi connectivity index (χ0) is 16.7. The average molecular weight is 306 g/mol. The second kappa shape index (κ2) is 7.80. The van der Waals surface area contributed by atoms with Crippen LogP contribution in [-0.4, -0.2) is 16.4 Å². The molecule has 0 atom stereocenters. The molecule has 0 saturated heterocycles. The number of carbonyl (C=O) groups is 1. The Balaban J connectivity index is 0.000000433. The first-order valence-corrected chi connectivity index (χ1v) is 7.22. The van der Waals surface area contributed by atoms with Gasteiger partial charge in [0, 0.05) is 0 Å². The molecule has 0 amide bonds. The molecule has 23 heavy (non-hydrogen) atoms. The van der Waals surface area contributed by atoms with Crippen LogP contribution < -0.4 is 0 Å². The van der Waals surface area contributed by atoms with E-state index in [0.717, 1.165) is 0 Å². The summed E-state index contributed by atoms with van der Waals surface area (Å²) in [7, 11) is 0. The summed E-state index contributed by atoms with van der Waals surface area (Å²) in [6.45, 7) is 2.16. The van der Waals surface area contributed by atoms with Crippen molar-refractivity contribution in [1.29, 1.82) is 0 Å². The van der Waals surface area contributed by atoms with Crippen molar-refractivity contribution < 1.29 is 15.0 Å². The molecule has 3 heteroatoms. The Kier molecular flexibility index (Phi) is 5.53. The number of benzene rings is 3. The predicted molar refractivity (Wildman–Crippen MR) is 92.7 cm³/mol. The van der Waals surface area contributed by atoms with Crippen LogP contribution in [0.4, 0.5) is 4.79 Å². The Labute approximate surface area is 135 Å². The van der Waals surface area contributed by atoms with Crippen molar-refractivity contribution in [2.75, 3.05) is 0 Å². The second-order valence-electron chi connectivity index (χ2n) is 5.01. The fraction of sp³-hybridized carbons (Fsp3) is 0.0500. The molecule has 116 valence electrons. The molecule has 0 saturated carbocycles.